The van der Waals surface area contributed by atoms with E-state index in [2.05, 4.69) is 16.5 Å². The minimum atomic E-state index is -0.443. The van der Waals surface area contributed by atoms with E-state index in [4.69, 9.17) is 0 Å². The predicted octanol–water partition coefficient (Wildman–Crippen LogP) is 4.24. The fraction of sp³-hybridized carbons (Fsp3) is 0.0588. The van der Waals surface area contributed by atoms with Crippen molar-refractivity contribution >= 4 is 22.0 Å². The van der Waals surface area contributed by atoms with Gasteiger partial charge >= 0.3 is 0 Å². The van der Waals surface area contributed by atoms with Gasteiger partial charge in [0, 0.05) is 29.4 Å². The molecular weight excluding hydrogens is 278 g/mol. The van der Waals surface area contributed by atoms with Gasteiger partial charge in [0.05, 0.1) is 10.6 Å². The molecule has 3 aromatic rings. The summed E-state index contributed by atoms with van der Waals surface area (Å²) in [7, 11) is 0. The fourth-order valence-electron chi connectivity index (χ4n) is 2.30. The smallest absolute Gasteiger partial charge is 0.258 e. The van der Waals surface area contributed by atoms with Crippen LogP contribution in [-0.2, 0) is 0 Å². The van der Waals surface area contributed by atoms with E-state index in [1.165, 1.54) is 6.07 Å². The second kappa shape index (κ2) is 5.37. The van der Waals surface area contributed by atoms with Crippen molar-refractivity contribution in [3.8, 4) is 11.3 Å². The van der Waals surface area contributed by atoms with Crippen LogP contribution in [0.4, 0.5) is 5.69 Å². The molecule has 0 aliphatic heterocycles. The van der Waals surface area contributed by atoms with Crippen LogP contribution in [0, 0.1) is 10.1 Å². The Morgan fingerprint density at radius 2 is 1.86 bits per heavy atom. The highest BCUT2D eigenvalue weighted by molar-refractivity contribution is 5.85. The van der Waals surface area contributed by atoms with Crippen LogP contribution < -0.4 is 0 Å². The number of nitro groups is 1. The van der Waals surface area contributed by atoms with Crippen LogP contribution in [0.5, 0.6) is 0 Å². The van der Waals surface area contributed by atoms with Crippen LogP contribution in [0.1, 0.15) is 12.6 Å². The largest absolute Gasteiger partial charge is 0.295 e. The van der Waals surface area contributed by atoms with Gasteiger partial charge in [-0.1, -0.05) is 30.8 Å². The van der Waals surface area contributed by atoms with Crippen molar-refractivity contribution in [1.29, 1.82) is 0 Å². The van der Waals surface area contributed by atoms with E-state index < -0.39 is 4.92 Å². The van der Waals surface area contributed by atoms with Crippen molar-refractivity contribution in [3.63, 3.8) is 0 Å². The Hall–Kier alpha value is -3.08. The first kappa shape index (κ1) is 13.9. The Morgan fingerprint density at radius 1 is 1.14 bits per heavy atom. The topological polar surface area (TPSA) is 68.9 Å². The first-order chi connectivity index (χ1) is 10.6. The van der Waals surface area contributed by atoms with E-state index >= 15 is 0 Å². The van der Waals surface area contributed by atoms with Crippen LogP contribution in [0.3, 0.4) is 0 Å². The summed E-state index contributed by atoms with van der Waals surface area (Å²) >= 11 is 0. The lowest BCUT2D eigenvalue weighted by atomic mass is 10.1. The molecule has 22 heavy (non-hydrogen) atoms. The van der Waals surface area contributed by atoms with Crippen molar-refractivity contribution in [1.82, 2.24) is 9.97 Å². The molecule has 0 saturated carbocycles. The van der Waals surface area contributed by atoms with E-state index in [1.807, 2.05) is 30.3 Å². The molecule has 0 saturated heterocycles. The molecule has 0 aliphatic carbocycles. The summed E-state index contributed by atoms with van der Waals surface area (Å²) < 4.78 is 0. The monoisotopic (exact) mass is 291 g/mol. The quantitative estimate of drug-likeness (QED) is 0.534. The molecule has 0 amide bonds. The number of rotatable bonds is 3. The van der Waals surface area contributed by atoms with E-state index in [9.17, 15) is 10.1 Å². The molecule has 1 aromatic carbocycles. The molecule has 3 rings (SSSR count). The third kappa shape index (κ3) is 2.44. The van der Waals surface area contributed by atoms with E-state index in [0.717, 1.165) is 10.8 Å². The number of allylic oxidation sites excluding steroid dienone is 1. The average Bonchev–Trinajstić information content (AvgIpc) is 2.53. The molecule has 0 radical (unpaired) electrons. The number of hydrogen-bond acceptors (Lipinski definition) is 4. The maximum Gasteiger partial charge on any atom is 0.295 e. The summed E-state index contributed by atoms with van der Waals surface area (Å²) in [6.07, 6.45) is 3.34. The first-order valence-electron chi connectivity index (χ1n) is 6.72. The Balaban J connectivity index is 2.16. The van der Waals surface area contributed by atoms with Crippen LogP contribution >= 0.6 is 0 Å². The Labute approximate surface area is 127 Å². The Kier molecular flexibility index (Phi) is 3.39. The zero-order valence-electron chi connectivity index (χ0n) is 12.0. The molecule has 0 N–H and O–H groups in total. The molecule has 5 heteroatoms. The maximum atomic E-state index is 11.2. The van der Waals surface area contributed by atoms with Crippen LogP contribution in [-0.4, -0.2) is 14.9 Å². The number of hydrogen-bond donors (Lipinski definition) is 0. The summed E-state index contributed by atoms with van der Waals surface area (Å²) in [6.45, 7) is 5.43. The lowest BCUT2D eigenvalue weighted by Gasteiger charge is -2.06. The van der Waals surface area contributed by atoms with E-state index in [-0.39, 0.29) is 5.69 Å². The van der Waals surface area contributed by atoms with Crippen LogP contribution in [0.15, 0.2) is 55.4 Å². The van der Waals surface area contributed by atoms with Gasteiger partial charge in [0.1, 0.15) is 5.69 Å². The van der Waals surface area contributed by atoms with E-state index in [0.29, 0.717) is 22.5 Å². The first-order valence-corrected chi connectivity index (χ1v) is 6.72. The Morgan fingerprint density at radius 3 is 2.55 bits per heavy atom. The summed E-state index contributed by atoms with van der Waals surface area (Å²) in [6, 6.07) is 11.2. The number of nitrogens with zero attached hydrogens (tertiary/aromatic N) is 3. The van der Waals surface area contributed by atoms with Crippen molar-refractivity contribution in [2.45, 2.75) is 6.92 Å². The number of benzene rings is 1. The zero-order valence-corrected chi connectivity index (χ0v) is 12.0. The second-order valence-electron chi connectivity index (χ2n) is 5.05. The average molecular weight is 291 g/mol. The normalized spacial score (nSPS) is 10.6. The standard InChI is InChI=1S/C17H13N3O2/c1-11(2)17-16(20(21)22)8-14(10-19-17)15-7-12-5-3-4-6-13(12)9-18-15/h3-10H,1H2,2H3. The molecule has 2 aromatic heterocycles. The highest BCUT2D eigenvalue weighted by Crippen LogP contribution is 2.28. The highest BCUT2D eigenvalue weighted by Gasteiger charge is 2.17. The summed E-state index contributed by atoms with van der Waals surface area (Å²) in [5.41, 5.74) is 2.07. The van der Waals surface area contributed by atoms with Gasteiger partial charge in [-0.05, 0) is 23.9 Å². The third-order valence-electron chi connectivity index (χ3n) is 3.40. The van der Waals surface area contributed by atoms with Gasteiger partial charge in [-0.2, -0.15) is 0 Å². The van der Waals surface area contributed by atoms with Gasteiger partial charge in [0.2, 0.25) is 0 Å². The second-order valence-corrected chi connectivity index (χ2v) is 5.05. The van der Waals surface area contributed by atoms with Gasteiger partial charge in [-0.15, -0.1) is 0 Å². The number of fused-ring (bicyclic) bond motifs is 1. The van der Waals surface area contributed by atoms with Crippen LogP contribution in [0.2, 0.25) is 0 Å². The molecule has 0 atom stereocenters. The Bertz CT molecular complexity index is 903. The molecule has 5 nitrogen and oxygen atoms in total. The summed E-state index contributed by atoms with van der Waals surface area (Å²) in [5, 5.41) is 13.3. The maximum absolute atomic E-state index is 11.2. The molecule has 0 fully saturated rings. The minimum Gasteiger partial charge on any atom is -0.258 e. The molecular formula is C17H13N3O2. The molecule has 0 unspecified atom stereocenters. The molecule has 2 heterocycles. The van der Waals surface area contributed by atoms with E-state index in [1.54, 1.807) is 19.3 Å². The summed E-state index contributed by atoms with van der Waals surface area (Å²) in [4.78, 5) is 19.3. The molecule has 0 spiro atoms. The SMILES string of the molecule is C=C(C)c1ncc(-c2cc3ccccc3cn2)cc1[N+](=O)[O-]. The van der Waals surface area contributed by atoms with Gasteiger partial charge < -0.3 is 0 Å². The lowest BCUT2D eigenvalue weighted by Crippen LogP contribution is -1.98. The minimum absolute atomic E-state index is 0.0556. The molecule has 108 valence electrons. The summed E-state index contributed by atoms with van der Waals surface area (Å²) in [5.74, 6) is 0. The van der Waals surface area contributed by atoms with Crippen molar-refractivity contribution in [3.05, 3.63) is 71.2 Å². The van der Waals surface area contributed by atoms with Gasteiger partial charge in [-0.3, -0.25) is 15.1 Å². The number of pyridine rings is 2. The highest BCUT2D eigenvalue weighted by atomic mass is 16.6. The van der Waals surface area contributed by atoms with Crippen molar-refractivity contribution in [2.75, 3.05) is 0 Å². The molecule has 0 aliphatic rings. The fourth-order valence-corrected chi connectivity index (χ4v) is 2.30. The van der Waals surface area contributed by atoms with Gasteiger partial charge in [0.25, 0.3) is 5.69 Å². The van der Waals surface area contributed by atoms with Crippen molar-refractivity contribution < 1.29 is 4.92 Å². The van der Waals surface area contributed by atoms with Crippen LogP contribution in [0.25, 0.3) is 27.6 Å². The van der Waals surface area contributed by atoms with Crippen molar-refractivity contribution in [2.24, 2.45) is 0 Å². The van der Waals surface area contributed by atoms with Gasteiger partial charge in [-0.25, -0.2) is 4.98 Å². The van der Waals surface area contributed by atoms with Gasteiger partial charge in [0.15, 0.2) is 0 Å². The predicted molar refractivity (Wildman–Crippen MR) is 86.3 cm³/mol. The third-order valence-corrected chi connectivity index (χ3v) is 3.40. The molecule has 0 bridgehead atoms. The zero-order chi connectivity index (χ0) is 15.7. The number of aromatic nitrogens is 2. The lowest BCUT2D eigenvalue weighted by molar-refractivity contribution is -0.385.